The van der Waals surface area contributed by atoms with Crippen LogP contribution in [-0.4, -0.2) is 22.9 Å². The highest BCUT2D eigenvalue weighted by Crippen LogP contribution is 2.29. The Hall–Kier alpha value is -1.50. The van der Waals surface area contributed by atoms with Gasteiger partial charge in [0, 0.05) is 20.1 Å². The predicted octanol–water partition coefficient (Wildman–Crippen LogP) is 1.84. The summed E-state index contributed by atoms with van der Waals surface area (Å²) in [4.78, 5) is 2.30. The van der Waals surface area contributed by atoms with Gasteiger partial charge in [-0.25, -0.2) is 0 Å². The summed E-state index contributed by atoms with van der Waals surface area (Å²) < 4.78 is 1.84. The molecule has 0 saturated carbocycles. The minimum Gasteiger partial charge on any atom is -0.355 e. The minimum atomic E-state index is 0.735. The van der Waals surface area contributed by atoms with Gasteiger partial charge in [0.05, 0.1) is 5.69 Å². The summed E-state index contributed by atoms with van der Waals surface area (Å²) in [6, 6.07) is 2.27. The van der Waals surface area contributed by atoms with Crippen molar-refractivity contribution >= 4 is 5.82 Å². The van der Waals surface area contributed by atoms with Crippen LogP contribution >= 0.6 is 0 Å². The van der Waals surface area contributed by atoms with Crippen molar-refractivity contribution in [3.05, 3.63) is 11.3 Å². The maximum absolute atomic E-state index is 9.17. The van der Waals surface area contributed by atoms with Gasteiger partial charge in [-0.2, -0.15) is 10.4 Å². The zero-order valence-corrected chi connectivity index (χ0v) is 10.2. The Morgan fingerprint density at radius 1 is 1.56 bits per heavy atom. The van der Waals surface area contributed by atoms with E-state index >= 15 is 0 Å². The third-order valence-electron chi connectivity index (χ3n) is 3.47. The second kappa shape index (κ2) is 4.17. The van der Waals surface area contributed by atoms with Crippen molar-refractivity contribution in [2.45, 2.75) is 26.7 Å². The number of nitriles is 1. The molecule has 4 heteroatoms. The normalized spacial score (nSPS) is 20.1. The smallest absolute Gasteiger partial charge is 0.144 e. The minimum absolute atomic E-state index is 0.735. The van der Waals surface area contributed by atoms with E-state index < -0.39 is 0 Å². The molecule has 0 spiro atoms. The zero-order valence-electron chi connectivity index (χ0n) is 10.2. The number of aryl methyl sites for hydroxylation is 2. The van der Waals surface area contributed by atoms with E-state index in [-0.39, 0.29) is 0 Å². The molecule has 0 N–H and O–H groups in total. The highest BCUT2D eigenvalue weighted by Gasteiger charge is 2.26. The maximum atomic E-state index is 9.17. The van der Waals surface area contributed by atoms with Crippen LogP contribution in [0.1, 0.15) is 31.0 Å². The predicted molar refractivity (Wildman–Crippen MR) is 63.3 cm³/mol. The van der Waals surface area contributed by atoms with Gasteiger partial charge in [0.2, 0.25) is 0 Å². The Morgan fingerprint density at radius 3 is 2.88 bits per heavy atom. The molecule has 0 aliphatic carbocycles. The fourth-order valence-electron chi connectivity index (χ4n) is 2.50. The van der Waals surface area contributed by atoms with Gasteiger partial charge in [0.15, 0.2) is 0 Å². The molecule has 86 valence electrons. The number of anilines is 1. The molecule has 0 aromatic carbocycles. The highest BCUT2D eigenvalue weighted by atomic mass is 15.4. The summed E-state index contributed by atoms with van der Waals surface area (Å²) in [7, 11) is 1.92. The van der Waals surface area contributed by atoms with Crippen molar-refractivity contribution in [2.75, 3.05) is 18.0 Å². The largest absolute Gasteiger partial charge is 0.355 e. The molecule has 0 radical (unpaired) electrons. The van der Waals surface area contributed by atoms with Crippen molar-refractivity contribution in [1.29, 1.82) is 5.26 Å². The van der Waals surface area contributed by atoms with Gasteiger partial charge in [0.1, 0.15) is 17.5 Å². The molecule has 0 bridgehead atoms. The van der Waals surface area contributed by atoms with Crippen LogP contribution in [0.25, 0.3) is 0 Å². The molecule has 1 aliphatic rings. The Balaban J connectivity index is 2.31. The third kappa shape index (κ3) is 1.67. The summed E-state index contributed by atoms with van der Waals surface area (Å²) in [5, 5.41) is 13.5. The molecule has 1 atom stereocenters. The Kier molecular flexibility index (Phi) is 2.86. The molecule has 16 heavy (non-hydrogen) atoms. The quantitative estimate of drug-likeness (QED) is 0.760. The SMILES string of the molecule is CCC1CCN(c2c(C#N)c(C)nn2C)C1. The second-order valence-corrected chi connectivity index (χ2v) is 4.53. The maximum Gasteiger partial charge on any atom is 0.144 e. The number of rotatable bonds is 2. The average molecular weight is 218 g/mol. The lowest BCUT2D eigenvalue weighted by Crippen LogP contribution is -2.23. The van der Waals surface area contributed by atoms with Gasteiger partial charge >= 0.3 is 0 Å². The van der Waals surface area contributed by atoms with Crippen molar-refractivity contribution in [3.63, 3.8) is 0 Å². The van der Waals surface area contributed by atoms with E-state index in [0.29, 0.717) is 0 Å². The van der Waals surface area contributed by atoms with E-state index in [2.05, 4.69) is 23.0 Å². The molecule has 1 saturated heterocycles. The highest BCUT2D eigenvalue weighted by molar-refractivity contribution is 5.57. The second-order valence-electron chi connectivity index (χ2n) is 4.53. The molecule has 1 unspecified atom stereocenters. The van der Waals surface area contributed by atoms with Crippen molar-refractivity contribution in [1.82, 2.24) is 9.78 Å². The van der Waals surface area contributed by atoms with Crippen LogP contribution in [-0.2, 0) is 7.05 Å². The van der Waals surface area contributed by atoms with Crippen molar-refractivity contribution in [2.24, 2.45) is 13.0 Å². The van der Waals surface area contributed by atoms with Crippen LogP contribution in [0, 0.1) is 24.2 Å². The Bertz CT molecular complexity index is 427. The lowest BCUT2D eigenvalue weighted by molar-refractivity contribution is 0.567. The summed E-state index contributed by atoms with van der Waals surface area (Å²) in [6.45, 7) is 6.24. The molecule has 2 rings (SSSR count). The van der Waals surface area contributed by atoms with Crippen LogP contribution in [0.4, 0.5) is 5.82 Å². The molecule has 1 aromatic heterocycles. The molecular weight excluding hydrogens is 200 g/mol. The fourth-order valence-corrected chi connectivity index (χ4v) is 2.50. The summed E-state index contributed by atoms with van der Waals surface area (Å²) >= 11 is 0. The first-order valence-electron chi connectivity index (χ1n) is 5.86. The Labute approximate surface area is 96.5 Å². The summed E-state index contributed by atoms with van der Waals surface area (Å²) in [5.41, 5.74) is 1.57. The van der Waals surface area contributed by atoms with Gasteiger partial charge in [0.25, 0.3) is 0 Å². The van der Waals surface area contributed by atoms with E-state index in [1.165, 1.54) is 12.8 Å². The van der Waals surface area contributed by atoms with Crippen LogP contribution in [0.2, 0.25) is 0 Å². The van der Waals surface area contributed by atoms with E-state index in [4.69, 9.17) is 5.26 Å². The first-order chi connectivity index (χ1) is 7.67. The molecule has 2 heterocycles. The van der Waals surface area contributed by atoms with Crippen molar-refractivity contribution in [3.8, 4) is 6.07 Å². The van der Waals surface area contributed by atoms with Crippen LogP contribution < -0.4 is 4.90 Å². The summed E-state index contributed by atoms with van der Waals surface area (Å²) in [5.74, 6) is 1.76. The molecule has 4 nitrogen and oxygen atoms in total. The lowest BCUT2D eigenvalue weighted by atomic mass is 10.1. The first kappa shape index (κ1) is 11.0. The standard InChI is InChI=1S/C12H18N4/c1-4-10-5-6-16(8-10)12-11(7-13)9(2)14-15(12)3/h10H,4-6,8H2,1-3H3. The van der Waals surface area contributed by atoms with Gasteiger partial charge in [-0.3, -0.25) is 4.68 Å². The van der Waals surface area contributed by atoms with Gasteiger partial charge in [-0.15, -0.1) is 0 Å². The van der Waals surface area contributed by atoms with Gasteiger partial charge < -0.3 is 4.90 Å². The van der Waals surface area contributed by atoms with Crippen LogP contribution in [0.15, 0.2) is 0 Å². The van der Waals surface area contributed by atoms with Gasteiger partial charge in [-0.1, -0.05) is 13.3 Å². The number of nitrogens with zero attached hydrogens (tertiary/aromatic N) is 4. The molecular formula is C12H18N4. The molecule has 1 fully saturated rings. The topological polar surface area (TPSA) is 44.9 Å². The molecule has 1 aromatic rings. The zero-order chi connectivity index (χ0) is 11.7. The summed E-state index contributed by atoms with van der Waals surface area (Å²) in [6.07, 6.45) is 2.45. The fraction of sp³-hybridized carbons (Fsp3) is 0.667. The average Bonchev–Trinajstić information content (AvgIpc) is 2.82. The van der Waals surface area contributed by atoms with E-state index in [9.17, 15) is 0 Å². The van der Waals surface area contributed by atoms with Crippen LogP contribution in [0.5, 0.6) is 0 Å². The van der Waals surface area contributed by atoms with E-state index in [1.54, 1.807) is 0 Å². The van der Waals surface area contributed by atoms with Crippen LogP contribution in [0.3, 0.4) is 0 Å². The number of hydrogen-bond acceptors (Lipinski definition) is 3. The first-order valence-corrected chi connectivity index (χ1v) is 5.86. The van der Waals surface area contributed by atoms with E-state index in [0.717, 1.165) is 36.1 Å². The van der Waals surface area contributed by atoms with Gasteiger partial charge in [-0.05, 0) is 19.3 Å². The molecule has 0 amide bonds. The third-order valence-corrected chi connectivity index (χ3v) is 3.47. The molecule has 1 aliphatic heterocycles. The monoisotopic (exact) mass is 218 g/mol. The Morgan fingerprint density at radius 2 is 2.31 bits per heavy atom. The number of hydrogen-bond donors (Lipinski definition) is 0. The van der Waals surface area contributed by atoms with Crippen molar-refractivity contribution < 1.29 is 0 Å². The number of aromatic nitrogens is 2. The lowest BCUT2D eigenvalue weighted by Gasteiger charge is -2.18. The van der Waals surface area contributed by atoms with E-state index in [1.807, 2.05) is 18.7 Å².